The molecule has 1 aromatic rings. The summed E-state index contributed by atoms with van der Waals surface area (Å²) in [6, 6.07) is 8.27. The maximum Gasteiger partial charge on any atom is 0.205 e. The van der Waals surface area contributed by atoms with Gasteiger partial charge in [0, 0.05) is 17.8 Å². The van der Waals surface area contributed by atoms with Crippen LogP contribution in [0.3, 0.4) is 0 Å². The molecule has 1 aromatic carbocycles. The van der Waals surface area contributed by atoms with Crippen molar-refractivity contribution in [3.05, 3.63) is 42.0 Å². The number of thiol groups is 1. The predicted molar refractivity (Wildman–Crippen MR) is 141 cm³/mol. The lowest BCUT2D eigenvalue weighted by Gasteiger charge is -2.37. The molecule has 0 aromatic heterocycles. The largest absolute Gasteiger partial charge is 0.464 e. The standard InChI is InChI=1S/C20H34O2S.C6H10.C2H6/c1-8-20(9-2,10-3)18(21-7)22-16-13-11-15(12-14-16)17(23)19(4,5)6;1-6-4-2-3-5-6;1-2/h11-14,17-18,23H,8-10H2,1-7H3;2-3,6H,4-5H2,1H3;1-2H3. The molecule has 2 atom stereocenters. The van der Waals surface area contributed by atoms with Crippen LogP contribution in [0.2, 0.25) is 0 Å². The molecule has 0 amide bonds. The highest BCUT2D eigenvalue weighted by molar-refractivity contribution is 7.80. The molecule has 2 nitrogen and oxygen atoms in total. The molecule has 0 aliphatic heterocycles. The molecule has 2 unspecified atom stereocenters. The lowest BCUT2D eigenvalue weighted by molar-refractivity contribution is -0.145. The lowest BCUT2D eigenvalue weighted by atomic mass is 9.79. The van der Waals surface area contributed by atoms with Gasteiger partial charge in [-0.25, -0.2) is 0 Å². The van der Waals surface area contributed by atoms with Gasteiger partial charge in [-0.1, -0.05) is 86.6 Å². The van der Waals surface area contributed by atoms with Gasteiger partial charge in [0.1, 0.15) is 5.75 Å². The molecule has 0 bridgehead atoms. The van der Waals surface area contributed by atoms with Crippen molar-refractivity contribution in [3.8, 4) is 5.75 Å². The minimum absolute atomic E-state index is 0.0604. The van der Waals surface area contributed by atoms with Crippen molar-refractivity contribution >= 4 is 12.6 Å². The summed E-state index contributed by atoms with van der Waals surface area (Å²) in [6.07, 6.45) is 10.0. The summed E-state index contributed by atoms with van der Waals surface area (Å²) < 4.78 is 11.9. The molecule has 0 fully saturated rings. The second kappa shape index (κ2) is 15.0. The topological polar surface area (TPSA) is 18.5 Å². The van der Waals surface area contributed by atoms with Gasteiger partial charge in [-0.05, 0) is 61.1 Å². The summed E-state index contributed by atoms with van der Waals surface area (Å²) in [5, 5.41) is 0.204. The first kappa shape index (κ1) is 30.1. The van der Waals surface area contributed by atoms with Crippen molar-refractivity contribution < 1.29 is 9.47 Å². The van der Waals surface area contributed by atoms with E-state index in [2.05, 4.69) is 72.8 Å². The third-order valence-corrected chi connectivity index (χ3v) is 7.40. The number of benzene rings is 1. The Morgan fingerprint density at radius 1 is 0.935 bits per heavy atom. The van der Waals surface area contributed by atoms with E-state index in [4.69, 9.17) is 22.1 Å². The number of methoxy groups -OCH3 is 1. The van der Waals surface area contributed by atoms with Crippen molar-refractivity contribution in [2.75, 3.05) is 7.11 Å². The van der Waals surface area contributed by atoms with Crippen molar-refractivity contribution in [2.24, 2.45) is 16.7 Å². The highest BCUT2D eigenvalue weighted by Gasteiger charge is 2.36. The quantitative estimate of drug-likeness (QED) is 0.242. The fraction of sp³-hybridized carbons (Fsp3) is 0.714. The van der Waals surface area contributed by atoms with Crippen LogP contribution in [0, 0.1) is 16.7 Å². The Hall–Kier alpha value is -0.930. The van der Waals surface area contributed by atoms with E-state index in [1.807, 2.05) is 26.0 Å². The Kier molecular flexibility index (Phi) is 14.6. The third kappa shape index (κ3) is 9.61. The fourth-order valence-corrected chi connectivity index (χ4v) is 3.95. The first-order valence-electron chi connectivity index (χ1n) is 12.3. The Balaban J connectivity index is 0.000000945. The van der Waals surface area contributed by atoms with Gasteiger partial charge < -0.3 is 9.47 Å². The van der Waals surface area contributed by atoms with Gasteiger partial charge in [0.05, 0.1) is 0 Å². The molecule has 31 heavy (non-hydrogen) atoms. The summed E-state index contributed by atoms with van der Waals surface area (Å²) in [4.78, 5) is 0. The number of hydrogen-bond donors (Lipinski definition) is 1. The van der Waals surface area contributed by atoms with Crippen LogP contribution < -0.4 is 4.74 Å². The van der Waals surface area contributed by atoms with Crippen molar-refractivity contribution in [1.82, 2.24) is 0 Å². The molecular weight excluding hydrogens is 400 g/mol. The van der Waals surface area contributed by atoms with Crippen LogP contribution in [0.5, 0.6) is 5.75 Å². The molecule has 0 N–H and O–H groups in total. The minimum atomic E-state index is -0.220. The Labute approximate surface area is 199 Å². The van der Waals surface area contributed by atoms with Gasteiger partial charge in [0.15, 0.2) is 0 Å². The molecule has 0 saturated heterocycles. The summed E-state index contributed by atoms with van der Waals surface area (Å²) in [5.41, 5.74) is 1.41. The normalized spacial score (nSPS) is 16.0. The zero-order valence-corrected chi connectivity index (χ0v) is 22.9. The second-order valence-corrected chi connectivity index (χ2v) is 10.0. The molecule has 1 aliphatic rings. The van der Waals surface area contributed by atoms with Gasteiger partial charge in [0.25, 0.3) is 0 Å². The maximum atomic E-state index is 6.18. The average molecular weight is 451 g/mol. The van der Waals surface area contributed by atoms with E-state index in [0.29, 0.717) is 0 Å². The van der Waals surface area contributed by atoms with E-state index in [-0.39, 0.29) is 22.4 Å². The van der Waals surface area contributed by atoms with Crippen LogP contribution in [0.4, 0.5) is 0 Å². The van der Waals surface area contributed by atoms with Crippen molar-refractivity contribution in [1.29, 1.82) is 0 Å². The summed E-state index contributed by atoms with van der Waals surface area (Å²) >= 11 is 4.75. The first-order valence-corrected chi connectivity index (χ1v) is 12.8. The maximum absolute atomic E-state index is 6.18. The molecular formula is C28H50O2S. The highest BCUT2D eigenvalue weighted by atomic mass is 32.1. The van der Waals surface area contributed by atoms with Crippen LogP contribution >= 0.6 is 12.6 Å². The zero-order valence-electron chi connectivity index (χ0n) is 22.0. The SMILES string of the molecule is CC.CC1CC=CC1.CCC(CC)(CC)C(OC)Oc1ccc(C(S)C(C)(C)C)cc1. The fourth-order valence-electron chi connectivity index (χ4n) is 3.78. The molecule has 0 spiro atoms. The van der Waals surface area contributed by atoms with Crippen molar-refractivity contribution in [2.45, 2.75) is 106 Å². The van der Waals surface area contributed by atoms with Gasteiger partial charge in [-0.3, -0.25) is 0 Å². The van der Waals surface area contributed by atoms with E-state index in [9.17, 15) is 0 Å². The van der Waals surface area contributed by atoms with Gasteiger partial charge >= 0.3 is 0 Å². The zero-order chi connectivity index (χ0) is 24.1. The number of allylic oxidation sites excluding steroid dienone is 2. The molecule has 0 radical (unpaired) electrons. The number of hydrogen-bond acceptors (Lipinski definition) is 3. The van der Waals surface area contributed by atoms with Crippen molar-refractivity contribution in [3.63, 3.8) is 0 Å². The summed E-state index contributed by atoms with van der Waals surface area (Å²) in [5.74, 6) is 1.79. The van der Waals surface area contributed by atoms with E-state index < -0.39 is 0 Å². The monoisotopic (exact) mass is 450 g/mol. The van der Waals surface area contributed by atoms with Crippen LogP contribution in [-0.4, -0.2) is 13.4 Å². The Morgan fingerprint density at radius 2 is 1.39 bits per heavy atom. The summed E-state index contributed by atoms with van der Waals surface area (Å²) in [7, 11) is 1.73. The molecule has 0 saturated carbocycles. The first-order chi connectivity index (χ1) is 14.6. The van der Waals surface area contributed by atoms with Gasteiger partial charge in [-0.2, -0.15) is 12.6 Å². The van der Waals surface area contributed by atoms with Gasteiger partial charge in [0.2, 0.25) is 6.29 Å². The lowest BCUT2D eigenvalue weighted by Crippen LogP contribution is -2.39. The van der Waals surface area contributed by atoms with Crippen LogP contribution in [-0.2, 0) is 4.74 Å². The molecule has 0 heterocycles. The molecule has 2 rings (SSSR count). The molecule has 3 heteroatoms. The van der Waals surface area contributed by atoms with Gasteiger partial charge in [-0.15, -0.1) is 0 Å². The van der Waals surface area contributed by atoms with Crippen LogP contribution in [0.15, 0.2) is 36.4 Å². The van der Waals surface area contributed by atoms with Crippen LogP contribution in [0.25, 0.3) is 0 Å². The van der Waals surface area contributed by atoms with E-state index in [1.165, 1.54) is 18.4 Å². The van der Waals surface area contributed by atoms with E-state index in [1.54, 1.807) is 7.11 Å². The second-order valence-electron chi connectivity index (χ2n) is 9.49. The summed E-state index contributed by atoms with van der Waals surface area (Å²) in [6.45, 7) is 19.5. The molecule has 180 valence electrons. The Bertz CT molecular complexity index is 580. The predicted octanol–water partition coefficient (Wildman–Crippen LogP) is 9.27. The number of rotatable bonds is 8. The van der Waals surface area contributed by atoms with Crippen LogP contribution in [0.1, 0.15) is 105 Å². The highest BCUT2D eigenvalue weighted by Crippen LogP contribution is 2.40. The van der Waals surface area contributed by atoms with E-state index >= 15 is 0 Å². The molecule has 1 aliphatic carbocycles. The third-order valence-electron chi connectivity index (χ3n) is 6.33. The minimum Gasteiger partial charge on any atom is -0.464 e. The number of ether oxygens (including phenoxy) is 2. The van der Waals surface area contributed by atoms with E-state index in [0.717, 1.165) is 30.9 Å². The smallest absolute Gasteiger partial charge is 0.205 e. The average Bonchev–Trinajstić information content (AvgIpc) is 3.26. The Morgan fingerprint density at radius 3 is 1.68 bits per heavy atom.